The summed E-state index contributed by atoms with van der Waals surface area (Å²) < 4.78 is 0. The van der Waals surface area contributed by atoms with E-state index in [0.29, 0.717) is 6.54 Å². The maximum Gasteiger partial charge on any atom is 0.0536 e. The van der Waals surface area contributed by atoms with E-state index in [2.05, 4.69) is 53.6 Å². The number of nitrogens with two attached hydrogens (primary N) is 1. The minimum atomic E-state index is 0.683. The number of nitrogens with one attached hydrogen (secondary N) is 1. The Labute approximate surface area is 106 Å². The number of rotatable bonds is 3. The van der Waals surface area contributed by atoms with Gasteiger partial charge in [0.1, 0.15) is 0 Å². The molecule has 0 unspecified atom stereocenters. The highest BCUT2D eigenvalue weighted by Gasteiger charge is 2.07. The fraction of sp³-hybridized carbons (Fsp3) is 0.125. The fourth-order valence-corrected chi connectivity index (χ4v) is 2.43. The highest BCUT2D eigenvalue weighted by molar-refractivity contribution is 5.96. The number of hydrogen-bond acceptors (Lipinski definition) is 1. The molecule has 2 aromatic carbocycles. The van der Waals surface area contributed by atoms with Crippen LogP contribution in [0.25, 0.3) is 22.0 Å². The molecule has 2 heteroatoms. The Kier molecular flexibility index (Phi) is 2.87. The van der Waals surface area contributed by atoms with Crippen LogP contribution in [-0.4, -0.2) is 11.5 Å². The van der Waals surface area contributed by atoms with Crippen molar-refractivity contribution < 1.29 is 0 Å². The second-order valence-corrected chi connectivity index (χ2v) is 4.45. The molecule has 0 aliphatic heterocycles. The van der Waals surface area contributed by atoms with E-state index in [1.165, 1.54) is 27.6 Å². The Morgan fingerprint density at radius 1 is 0.944 bits per heavy atom. The molecule has 0 atom stereocenters. The van der Waals surface area contributed by atoms with E-state index >= 15 is 0 Å². The molecule has 0 spiro atoms. The Balaban J connectivity index is 2.19. The maximum absolute atomic E-state index is 5.65. The molecule has 0 fully saturated rings. The van der Waals surface area contributed by atoms with Crippen molar-refractivity contribution in [3.05, 3.63) is 60.3 Å². The van der Waals surface area contributed by atoms with Crippen molar-refractivity contribution in [1.29, 1.82) is 0 Å². The second kappa shape index (κ2) is 4.67. The van der Waals surface area contributed by atoms with Crippen LogP contribution in [0, 0.1) is 0 Å². The molecule has 0 amide bonds. The first-order chi connectivity index (χ1) is 8.90. The summed E-state index contributed by atoms with van der Waals surface area (Å²) in [6.07, 6.45) is 2.99. The van der Waals surface area contributed by atoms with E-state index in [-0.39, 0.29) is 0 Å². The van der Waals surface area contributed by atoms with Gasteiger partial charge >= 0.3 is 0 Å². The van der Waals surface area contributed by atoms with Gasteiger partial charge in [0.2, 0.25) is 0 Å². The number of aromatic nitrogens is 1. The molecular weight excluding hydrogens is 220 g/mol. The average Bonchev–Trinajstić information content (AvgIpc) is 2.84. The van der Waals surface area contributed by atoms with Crippen LogP contribution in [0.5, 0.6) is 0 Å². The first-order valence-electron chi connectivity index (χ1n) is 6.24. The largest absolute Gasteiger partial charge is 0.360 e. The highest BCUT2D eigenvalue weighted by atomic mass is 14.7. The molecular formula is C16H16N2. The van der Waals surface area contributed by atoms with E-state index in [0.717, 1.165) is 6.42 Å². The Bertz CT molecular complexity index is 653. The van der Waals surface area contributed by atoms with Gasteiger partial charge in [-0.1, -0.05) is 48.5 Å². The Hall–Kier alpha value is -2.06. The summed E-state index contributed by atoms with van der Waals surface area (Å²) in [5, 5.41) is 1.28. The minimum absolute atomic E-state index is 0.683. The minimum Gasteiger partial charge on any atom is -0.360 e. The lowest BCUT2D eigenvalue weighted by molar-refractivity contribution is 0.976. The molecule has 3 N–H and O–H groups in total. The lowest BCUT2D eigenvalue weighted by Crippen LogP contribution is -2.01. The molecule has 3 rings (SSSR count). The zero-order valence-electron chi connectivity index (χ0n) is 10.2. The lowest BCUT2D eigenvalue weighted by Gasteiger charge is -2.04. The molecule has 3 aromatic rings. The summed E-state index contributed by atoms with van der Waals surface area (Å²) in [4.78, 5) is 3.38. The summed E-state index contributed by atoms with van der Waals surface area (Å²) in [6.45, 7) is 0.683. The van der Waals surface area contributed by atoms with Crippen molar-refractivity contribution in [3.63, 3.8) is 0 Å². The van der Waals surface area contributed by atoms with Gasteiger partial charge in [-0.2, -0.15) is 0 Å². The third-order valence-corrected chi connectivity index (χ3v) is 3.30. The van der Waals surface area contributed by atoms with E-state index in [1.807, 2.05) is 6.07 Å². The smallest absolute Gasteiger partial charge is 0.0536 e. The Morgan fingerprint density at radius 2 is 1.78 bits per heavy atom. The zero-order valence-corrected chi connectivity index (χ0v) is 10.2. The van der Waals surface area contributed by atoms with Gasteiger partial charge in [-0.3, -0.25) is 0 Å². The molecule has 0 bridgehead atoms. The third-order valence-electron chi connectivity index (χ3n) is 3.30. The van der Waals surface area contributed by atoms with Gasteiger partial charge < -0.3 is 10.7 Å². The van der Waals surface area contributed by atoms with E-state index in [9.17, 15) is 0 Å². The van der Waals surface area contributed by atoms with Crippen LogP contribution in [0.1, 0.15) is 5.56 Å². The van der Waals surface area contributed by atoms with Gasteiger partial charge in [0.05, 0.1) is 5.52 Å². The molecule has 1 aromatic heterocycles. The fourth-order valence-electron chi connectivity index (χ4n) is 2.43. The van der Waals surface area contributed by atoms with Gasteiger partial charge in [-0.15, -0.1) is 0 Å². The van der Waals surface area contributed by atoms with Crippen molar-refractivity contribution in [2.45, 2.75) is 6.42 Å². The number of fused-ring (bicyclic) bond motifs is 1. The van der Waals surface area contributed by atoms with Gasteiger partial charge in [-0.05, 0) is 24.1 Å². The number of para-hydroxylation sites is 1. The second-order valence-electron chi connectivity index (χ2n) is 4.45. The summed E-state index contributed by atoms with van der Waals surface area (Å²) in [7, 11) is 0. The van der Waals surface area contributed by atoms with Gasteiger partial charge in [0.15, 0.2) is 0 Å². The predicted octanol–water partition coefficient (Wildman–Crippen LogP) is 3.34. The molecule has 0 aliphatic carbocycles. The van der Waals surface area contributed by atoms with Crippen molar-refractivity contribution in [2.75, 3.05) is 6.54 Å². The quantitative estimate of drug-likeness (QED) is 0.719. The van der Waals surface area contributed by atoms with Gasteiger partial charge in [0.25, 0.3) is 0 Å². The van der Waals surface area contributed by atoms with E-state index in [4.69, 9.17) is 5.73 Å². The summed E-state index contributed by atoms with van der Waals surface area (Å²) >= 11 is 0. The van der Waals surface area contributed by atoms with Gasteiger partial charge in [-0.25, -0.2) is 0 Å². The number of aromatic amines is 1. The topological polar surface area (TPSA) is 41.8 Å². The van der Waals surface area contributed by atoms with Crippen LogP contribution in [0.2, 0.25) is 0 Å². The summed E-state index contributed by atoms with van der Waals surface area (Å²) in [5.74, 6) is 0. The lowest BCUT2D eigenvalue weighted by atomic mass is 10.0. The van der Waals surface area contributed by atoms with Gasteiger partial charge in [0, 0.05) is 17.1 Å². The van der Waals surface area contributed by atoms with E-state index < -0.39 is 0 Å². The molecule has 1 heterocycles. The Morgan fingerprint density at radius 3 is 2.56 bits per heavy atom. The van der Waals surface area contributed by atoms with Crippen LogP contribution in [0.15, 0.2) is 54.7 Å². The molecule has 0 radical (unpaired) electrons. The predicted molar refractivity (Wildman–Crippen MR) is 76.5 cm³/mol. The molecule has 90 valence electrons. The number of benzene rings is 2. The number of H-pyrrole nitrogens is 1. The molecule has 2 nitrogen and oxygen atoms in total. The normalized spacial score (nSPS) is 10.9. The van der Waals surface area contributed by atoms with Crippen molar-refractivity contribution in [3.8, 4) is 11.1 Å². The first-order valence-corrected chi connectivity index (χ1v) is 6.24. The highest BCUT2D eigenvalue weighted by Crippen LogP contribution is 2.29. The molecule has 0 saturated heterocycles. The first kappa shape index (κ1) is 11.1. The van der Waals surface area contributed by atoms with E-state index in [1.54, 1.807) is 0 Å². The molecule has 18 heavy (non-hydrogen) atoms. The van der Waals surface area contributed by atoms with Crippen molar-refractivity contribution in [2.24, 2.45) is 5.73 Å². The van der Waals surface area contributed by atoms with Crippen LogP contribution in [0.3, 0.4) is 0 Å². The molecule has 0 aliphatic rings. The maximum atomic E-state index is 5.65. The standard InChI is InChI=1S/C16H16N2/c17-10-9-13-11-18-16-14(7-4-8-15(13)16)12-5-2-1-3-6-12/h1-8,11,18H,9-10,17H2. The third kappa shape index (κ3) is 1.81. The number of hydrogen-bond donors (Lipinski definition) is 2. The monoisotopic (exact) mass is 236 g/mol. The van der Waals surface area contributed by atoms with Crippen molar-refractivity contribution >= 4 is 10.9 Å². The molecule has 0 saturated carbocycles. The van der Waals surface area contributed by atoms with Crippen molar-refractivity contribution in [1.82, 2.24) is 4.98 Å². The van der Waals surface area contributed by atoms with Crippen LogP contribution >= 0.6 is 0 Å². The van der Waals surface area contributed by atoms with Crippen LogP contribution < -0.4 is 5.73 Å². The zero-order chi connectivity index (χ0) is 12.4. The average molecular weight is 236 g/mol. The summed E-state index contributed by atoms with van der Waals surface area (Å²) in [6, 6.07) is 16.9. The summed E-state index contributed by atoms with van der Waals surface area (Å²) in [5.41, 5.74) is 10.6. The SMILES string of the molecule is NCCc1c[nH]c2c(-c3ccccc3)cccc12. The van der Waals surface area contributed by atoms with Crippen LogP contribution in [0.4, 0.5) is 0 Å². The van der Waals surface area contributed by atoms with Crippen LogP contribution in [-0.2, 0) is 6.42 Å².